The number of carbonyl (C=O) groups excluding carboxylic acids is 1. The Bertz CT molecular complexity index is 120. The average Bonchev–Trinajstić information content (AvgIpc) is 1.84. The van der Waals surface area contributed by atoms with Crippen molar-refractivity contribution in [1.82, 2.24) is 0 Å². The number of rotatable bonds is 2. The maximum atomic E-state index is 9.87. The van der Waals surface area contributed by atoms with Gasteiger partial charge in [-0.15, -0.1) is 19.6 Å². The Morgan fingerprint density at radius 3 is 2.11 bits per heavy atom. The smallest absolute Gasteiger partial charge is 0 e. The number of hydrogen-bond donors (Lipinski definition) is 0. The first kappa shape index (κ1) is 12.0. The fourth-order valence-corrected chi connectivity index (χ4v) is 0.234. The quantitative estimate of drug-likeness (QED) is 0.374. The molecule has 0 fully saturated rings. The summed E-state index contributed by atoms with van der Waals surface area (Å²) in [5.41, 5.74) is 1.51. The van der Waals surface area contributed by atoms with Gasteiger partial charge in [0.25, 0.3) is 0 Å². The fourth-order valence-electron chi connectivity index (χ4n) is 0.234. The third-order valence-electron chi connectivity index (χ3n) is 1.05. The maximum absolute atomic E-state index is 9.87. The van der Waals surface area contributed by atoms with Crippen molar-refractivity contribution in [2.24, 2.45) is 0 Å². The first-order valence-electron chi connectivity index (χ1n) is 2.40. The Kier molecular flexibility index (Phi) is 8.49. The van der Waals surface area contributed by atoms with Gasteiger partial charge in [0.2, 0.25) is 0 Å². The van der Waals surface area contributed by atoms with Crippen molar-refractivity contribution in [2.75, 3.05) is 0 Å². The van der Waals surface area contributed by atoms with Crippen LogP contribution in [0.15, 0.2) is 23.8 Å². The molecule has 2 heteroatoms. The van der Waals surface area contributed by atoms with Crippen molar-refractivity contribution < 1.29 is 37.5 Å². The maximum Gasteiger partial charge on any atom is 0 e. The van der Waals surface area contributed by atoms with Crippen LogP contribution in [0.3, 0.4) is 0 Å². The van der Waals surface area contributed by atoms with Gasteiger partial charge < -0.3 is 4.79 Å². The van der Waals surface area contributed by atoms with Gasteiger partial charge in [-0.2, -0.15) is 11.1 Å². The van der Waals surface area contributed by atoms with Crippen molar-refractivity contribution in [2.45, 2.75) is 13.8 Å². The van der Waals surface area contributed by atoms with Gasteiger partial charge in [-0.05, 0) is 6.29 Å². The molecule has 0 N–H and O–H groups in total. The molecule has 0 rings (SSSR count). The summed E-state index contributed by atoms with van der Waals surface area (Å²) in [7, 11) is 0. The summed E-state index contributed by atoms with van der Waals surface area (Å²) in [6, 6.07) is 0. The van der Waals surface area contributed by atoms with E-state index in [0.29, 0.717) is 5.57 Å². The van der Waals surface area contributed by atoms with E-state index in [9.17, 15) is 4.79 Å². The minimum atomic E-state index is 0. The summed E-state index contributed by atoms with van der Waals surface area (Å²) in [4.78, 5) is 9.87. The zero-order valence-corrected chi connectivity index (χ0v) is 8.61. The van der Waals surface area contributed by atoms with Crippen LogP contribution in [-0.4, -0.2) is 6.29 Å². The van der Waals surface area contributed by atoms with E-state index in [0.717, 1.165) is 5.57 Å². The summed E-state index contributed by atoms with van der Waals surface area (Å²) < 4.78 is 0. The van der Waals surface area contributed by atoms with E-state index >= 15 is 0 Å². The van der Waals surface area contributed by atoms with Crippen molar-refractivity contribution in [3.8, 4) is 0 Å². The van der Waals surface area contributed by atoms with Crippen molar-refractivity contribution >= 4 is 6.29 Å². The summed E-state index contributed by atoms with van der Waals surface area (Å²) in [6.45, 7) is 7.03. The molecular weight excluding hydrogens is 189 g/mol. The molecule has 1 radical (unpaired) electrons. The van der Waals surface area contributed by atoms with Crippen LogP contribution in [0.2, 0.25) is 0 Å². The Hall–Kier alpha value is 0.254. The Balaban J connectivity index is 0. The number of hydrogen-bond acceptors (Lipinski definition) is 1. The Labute approximate surface area is 81.1 Å². The van der Waals surface area contributed by atoms with Crippen LogP contribution in [0.25, 0.3) is 0 Å². The van der Waals surface area contributed by atoms with Crippen LogP contribution in [0.1, 0.15) is 13.8 Å². The molecule has 0 aliphatic carbocycles. The Morgan fingerprint density at radius 1 is 1.56 bits per heavy atom. The molecule has 0 amide bonds. The largest absolute Gasteiger partial charge is 0.419 e. The van der Waals surface area contributed by atoms with Gasteiger partial charge >= 0.3 is 0 Å². The fraction of sp³-hybridized carbons (Fsp3) is 0.286. The first-order valence-corrected chi connectivity index (χ1v) is 2.40. The minimum Gasteiger partial charge on any atom is -0.419 e. The molecular formula is C7H9OY-. The molecule has 0 saturated heterocycles. The average molecular weight is 198 g/mol. The van der Waals surface area contributed by atoms with Crippen LogP contribution < -0.4 is 0 Å². The molecule has 0 heterocycles. The molecule has 9 heavy (non-hydrogen) atoms. The third-order valence-corrected chi connectivity index (χ3v) is 1.05. The molecule has 0 spiro atoms. The standard InChI is InChI=1S/C7H9O.Y/c1-4-6(2)7(3)5-8;/h4H,1H2,2-3H3;/q-1;. The van der Waals surface area contributed by atoms with Gasteiger partial charge in [0, 0.05) is 32.7 Å². The summed E-state index contributed by atoms with van der Waals surface area (Å²) in [5, 5.41) is 0. The molecule has 0 aromatic rings. The predicted octanol–water partition coefficient (Wildman–Crippen LogP) is 1.62. The SMILES string of the molecule is C=CC(C)=C(C)[C-]=O.[Y]. The van der Waals surface area contributed by atoms with Gasteiger partial charge in [0.15, 0.2) is 0 Å². The van der Waals surface area contributed by atoms with Crippen molar-refractivity contribution in [3.63, 3.8) is 0 Å². The molecule has 0 bridgehead atoms. The normalized spacial score (nSPS) is 10.9. The van der Waals surface area contributed by atoms with E-state index in [1.807, 2.05) is 6.92 Å². The molecule has 0 aromatic heterocycles. The minimum absolute atomic E-state index is 0. The number of allylic oxidation sites excluding steroid dienone is 3. The monoisotopic (exact) mass is 198 g/mol. The molecule has 0 atom stereocenters. The first-order chi connectivity index (χ1) is 3.72. The van der Waals surface area contributed by atoms with Crippen LogP contribution in [0.4, 0.5) is 0 Å². The second kappa shape index (κ2) is 6.38. The van der Waals surface area contributed by atoms with E-state index in [1.165, 1.54) is 0 Å². The zero-order chi connectivity index (χ0) is 6.57. The molecule has 0 aliphatic heterocycles. The van der Waals surface area contributed by atoms with Crippen LogP contribution in [-0.2, 0) is 37.5 Å². The van der Waals surface area contributed by atoms with Crippen molar-refractivity contribution in [1.29, 1.82) is 0 Å². The molecule has 0 aliphatic rings. The van der Waals surface area contributed by atoms with Crippen molar-refractivity contribution in [3.05, 3.63) is 23.8 Å². The molecule has 0 aromatic carbocycles. The van der Waals surface area contributed by atoms with E-state index < -0.39 is 0 Å². The van der Waals surface area contributed by atoms with Gasteiger partial charge in [0.1, 0.15) is 0 Å². The summed E-state index contributed by atoms with van der Waals surface area (Å²) >= 11 is 0. The Morgan fingerprint density at radius 2 is 2.00 bits per heavy atom. The van der Waals surface area contributed by atoms with E-state index in [2.05, 4.69) is 6.58 Å². The van der Waals surface area contributed by atoms with Gasteiger partial charge in [-0.3, -0.25) is 0 Å². The predicted molar refractivity (Wildman–Crippen MR) is 34.3 cm³/mol. The van der Waals surface area contributed by atoms with Gasteiger partial charge in [-0.1, -0.05) is 6.92 Å². The molecule has 0 saturated carbocycles. The van der Waals surface area contributed by atoms with Crippen LogP contribution >= 0.6 is 0 Å². The summed E-state index contributed by atoms with van der Waals surface area (Å²) in [6.07, 6.45) is 3.41. The van der Waals surface area contributed by atoms with E-state index in [4.69, 9.17) is 0 Å². The molecule has 47 valence electrons. The molecule has 0 unspecified atom stereocenters. The topological polar surface area (TPSA) is 17.1 Å². The van der Waals surface area contributed by atoms with Crippen LogP contribution in [0, 0.1) is 0 Å². The van der Waals surface area contributed by atoms with Crippen LogP contribution in [0.5, 0.6) is 0 Å². The van der Waals surface area contributed by atoms with Gasteiger partial charge in [0.05, 0.1) is 0 Å². The zero-order valence-electron chi connectivity index (χ0n) is 5.77. The second-order valence-corrected chi connectivity index (χ2v) is 1.61. The molecule has 1 nitrogen and oxygen atoms in total. The van der Waals surface area contributed by atoms with E-state index in [1.54, 1.807) is 19.3 Å². The second-order valence-electron chi connectivity index (χ2n) is 1.61. The van der Waals surface area contributed by atoms with E-state index in [-0.39, 0.29) is 32.7 Å². The van der Waals surface area contributed by atoms with Gasteiger partial charge in [-0.25, -0.2) is 0 Å². The third kappa shape index (κ3) is 4.74. The summed E-state index contributed by atoms with van der Waals surface area (Å²) in [5.74, 6) is 0.